The Labute approximate surface area is 152 Å². The first-order valence-corrected chi connectivity index (χ1v) is 8.46. The van der Waals surface area contributed by atoms with Crippen molar-refractivity contribution in [2.24, 2.45) is 0 Å². The fourth-order valence-electron chi connectivity index (χ4n) is 2.32. The van der Waals surface area contributed by atoms with Crippen LogP contribution in [0, 0.1) is 0 Å². The van der Waals surface area contributed by atoms with Crippen LogP contribution >= 0.6 is 23.4 Å². The highest BCUT2D eigenvalue weighted by molar-refractivity contribution is 8.18. The maximum atomic E-state index is 12.1. The second kappa shape index (κ2) is 6.78. The van der Waals surface area contributed by atoms with Gasteiger partial charge in [0, 0.05) is 18.2 Å². The third-order valence-electron chi connectivity index (χ3n) is 3.56. The van der Waals surface area contributed by atoms with Crippen LogP contribution in [0.25, 0.3) is 17.4 Å². The number of likely N-dealkylation sites (N-methyl/N-ethyl adjacent to an activating group) is 1. The average Bonchev–Trinajstić information content (AvgIpc) is 3.13. The lowest BCUT2D eigenvalue weighted by atomic mass is 10.1. The molecule has 1 aliphatic rings. The predicted octanol–water partition coefficient (Wildman–Crippen LogP) is 3.02. The molecule has 1 fully saturated rings. The van der Waals surface area contributed by atoms with Gasteiger partial charge in [0.05, 0.1) is 15.9 Å². The number of carbonyl (C=O) groups is 3. The number of furan rings is 1. The first kappa shape index (κ1) is 17.3. The zero-order valence-electron chi connectivity index (χ0n) is 12.9. The number of halogens is 1. The molecule has 0 atom stereocenters. The Bertz CT molecular complexity index is 918. The molecule has 0 N–H and O–H groups in total. The van der Waals surface area contributed by atoms with E-state index < -0.39 is 5.97 Å². The van der Waals surface area contributed by atoms with E-state index in [1.54, 1.807) is 19.1 Å². The van der Waals surface area contributed by atoms with Gasteiger partial charge in [0.2, 0.25) is 0 Å². The van der Waals surface area contributed by atoms with E-state index in [-0.39, 0.29) is 21.6 Å². The van der Waals surface area contributed by atoms with E-state index in [1.807, 2.05) is 0 Å². The lowest BCUT2D eigenvalue weighted by Gasteiger charge is -2.07. The van der Waals surface area contributed by atoms with Crippen LogP contribution in [0.4, 0.5) is 4.79 Å². The van der Waals surface area contributed by atoms with Gasteiger partial charge < -0.3 is 14.3 Å². The van der Waals surface area contributed by atoms with E-state index in [1.165, 1.54) is 24.3 Å². The summed E-state index contributed by atoms with van der Waals surface area (Å²) < 4.78 is 5.63. The molecule has 0 unspecified atom stereocenters. The standard InChI is InChI=1S/C17H12ClNO5S/c1-2-19-15(20)14(25-17(19)23)8-10-4-6-13(24-10)11-7-9(16(21)22)3-5-12(11)18/h3-8H,2H2,1H3,(H,21,22)/p-1. The van der Waals surface area contributed by atoms with E-state index in [2.05, 4.69) is 0 Å². The molecule has 0 bridgehead atoms. The van der Waals surface area contributed by atoms with Crippen LogP contribution in [0.15, 0.2) is 39.7 Å². The van der Waals surface area contributed by atoms with Crippen molar-refractivity contribution in [3.05, 3.63) is 51.6 Å². The van der Waals surface area contributed by atoms with Gasteiger partial charge in [0.1, 0.15) is 11.5 Å². The number of hydrogen-bond donors (Lipinski definition) is 0. The molecule has 1 aromatic carbocycles. The van der Waals surface area contributed by atoms with Gasteiger partial charge in [-0.2, -0.15) is 0 Å². The average molecular weight is 377 g/mol. The zero-order chi connectivity index (χ0) is 18.1. The minimum absolute atomic E-state index is 0.0265. The number of carbonyl (C=O) groups excluding carboxylic acids is 3. The monoisotopic (exact) mass is 376 g/mol. The summed E-state index contributed by atoms with van der Waals surface area (Å²) in [5.74, 6) is -0.994. The zero-order valence-corrected chi connectivity index (χ0v) is 14.5. The molecule has 25 heavy (non-hydrogen) atoms. The fourth-order valence-corrected chi connectivity index (χ4v) is 3.41. The van der Waals surface area contributed by atoms with Gasteiger partial charge >= 0.3 is 0 Å². The third-order valence-corrected chi connectivity index (χ3v) is 4.79. The molecule has 1 aromatic heterocycles. The van der Waals surface area contributed by atoms with Crippen molar-refractivity contribution < 1.29 is 23.9 Å². The van der Waals surface area contributed by atoms with Gasteiger partial charge in [-0.1, -0.05) is 17.7 Å². The highest BCUT2D eigenvalue weighted by atomic mass is 35.5. The summed E-state index contributed by atoms with van der Waals surface area (Å²) in [6, 6.07) is 7.35. The highest BCUT2D eigenvalue weighted by Crippen LogP contribution is 2.34. The van der Waals surface area contributed by atoms with Crippen LogP contribution in [-0.2, 0) is 4.79 Å². The van der Waals surface area contributed by atoms with Crippen LogP contribution in [-0.4, -0.2) is 28.6 Å². The number of imide groups is 1. The van der Waals surface area contributed by atoms with Crippen LogP contribution in [0.2, 0.25) is 5.02 Å². The largest absolute Gasteiger partial charge is 0.545 e. The van der Waals surface area contributed by atoms with Crippen molar-refractivity contribution in [3.8, 4) is 11.3 Å². The van der Waals surface area contributed by atoms with Crippen LogP contribution in [0.5, 0.6) is 0 Å². The Hall–Kier alpha value is -2.51. The lowest BCUT2D eigenvalue weighted by Crippen LogP contribution is -2.27. The second-order valence-electron chi connectivity index (χ2n) is 5.11. The van der Waals surface area contributed by atoms with Gasteiger partial charge in [-0.15, -0.1) is 0 Å². The first-order valence-electron chi connectivity index (χ1n) is 7.27. The molecule has 1 saturated heterocycles. The molecular weight excluding hydrogens is 366 g/mol. The van der Waals surface area contributed by atoms with Crippen LogP contribution in [0.1, 0.15) is 23.0 Å². The molecule has 8 heteroatoms. The predicted molar refractivity (Wildman–Crippen MR) is 91.8 cm³/mol. The Morgan fingerprint density at radius 2 is 2.08 bits per heavy atom. The van der Waals surface area contributed by atoms with Gasteiger partial charge in [-0.3, -0.25) is 14.5 Å². The van der Waals surface area contributed by atoms with Crippen molar-refractivity contribution >= 4 is 46.6 Å². The van der Waals surface area contributed by atoms with Crippen molar-refractivity contribution in [2.75, 3.05) is 6.54 Å². The fraction of sp³-hybridized carbons (Fsp3) is 0.118. The quantitative estimate of drug-likeness (QED) is 0.762. The third kappa shape index (κ3) is 3.33. The molecule has 3 rings (SSSR count). The van der Waals surface area contributed by atoms with E-state index in [0.717, 1.165) is 16.7 Å². The molecule has 0 saturated carbocycles. The Morgan fingerprint density at radius 3 is 2.72 bits per heavy atom. The normalized spacial score (nSPS) is 16.1. The summed E-state index contributed by atoms with van der Waals surface area (Å²) >= 11 is 6.94. The molecule has 0 spiro atoms. The number of aromatic carboxylic acids is 1. The van der Waals surface area contributed by atoms with Crippen molar-refractivity contribution in [3.63, 3.8) is 0 Å². The first-order chi connectivity index (χ1) is 11.9. The van der Waals surface area contributed by atoms with Crippen molar-refractivity contribution in [1.29, 1.82) is 0 Å². The molecule has 0 aliphatic carbocycles. The van der Waals surface area contributed by atoms with Gasteiger partial charge in [0.25, 0.3) is 11.1 Å². The number of rotatable bonds is 4. The summed E-state index contributed by atoms with van der Waals surface area (Å²) in [6.07, 6.45) is 1.47. The molecule has 6 nitrogen and oxygen atoms in total. The maximum Gasteiger partial charge on any atom is 0.293 e. The Balaban J connectivity index is 1.93. The summed E-state index contributed by atoms with van der Waals surface area (Å²) in [4.78, 5) is 36.2. The number of thioether (sulfide) groups is 1. The molecule has 128 valence electrons. The van der Waals surface area contributed by atoms with E-state index >= 15 is 0 Å². The number of benzene rings is 1. The number of hydrogen-bond acceptors (Lipinski definition) is 6. The summed E-state index contributed by atoms with van der Waals surface area (Å²) in [5.41, 5.74) is 0.367. The van der Waals surface area contributed by atoms with Gasteiger partial charge in [-0.05, 0) is 48.5 Å². The van der Waals surface area contributed by atoms with Crippen molar-refractivity contribution in [1.82, 2.24) is 4.90 Å². The Kier molecular flexibility index (Phi) is 4.69. The number of carboxylic acid groups (broad SMARTS) is 1. The molecular formula is C17H11ClNO5S-. The molecule has 1 aliphatic heterocycles. The van der Waals surface area contributed by atoms with E-state index in [9.17, 15) is 19.5 Å². The van der Waals surface area contributed by atoms with E-state index in [4.69, 9.17) is 16.0 Å². The number of carboxylic acids is 1. The van der Waals surface area contributed by atoms with Crippen LogP contribution in [0.3, 0.4) is 0 Å². The van der Waals surface area contributed by atoms with Gasteiger partial charge in [-0.25, -0.2) is 0 Å². The highest BCUT2D eigenvalue weighted by Gasteiger charge is 2.33. The summed E-state index contributed by atoms with van der Waals surface area (Å²) in [5, 5.41) is 11.0. The topological polar surface area (TPSA) is 90.7 Å². The minimum Gasteiger partial charge on any atom is -0.545 e. The lowest BCUT2D eigenvalue weighted by molar-refractivity contribution is -0.255. The Morgan fingerprint density at radius 1 is 1.32 bits per heavy atom. The summed E-state index contributed by atoms with van der Waals surface area (Å²) in [7, 11) is 0. The minimum atomic E-state index is -1.32. The van der Waals surface area contributed by atoms with Crippen molar-refractivity contribution in [2.45, 2.75) is 6.92 Å². The molecule has 2 amide bonds. The van der Waals surface area contributed by atoms with E-state index in [0.29, 0.717) is 28.7 Å². The molecule has 0 radical (unpaired) electrons. The summed E-state index contributed by atoms with van der Waals surface area (Å²) in [6.45, 7) is 2.02. The second-order valence-corrected chi connectivity index (χ2v) is 6.51. The van der Waals surface area contributed by atoms with Gasteiger partial charge in [0.15, 0.2) is 0 Å². The van der Waals surface area contributed by atoms with Crippen LogP contribution < -0.4 is 5.11 Å². The molecule has 2 aromatic rings. The smallest absolute Gasteiger partial charge is 0.293 e. The molecule has 2 heterocycles. The maximum absolute atomic E-state index is 12.1. The number of nitrogens with zero attached hydrogens (tertiary/aromatic N) is 1. The number of amides is 2. The SMILES string of the molecule is CCN1C(=O)SC(=Cc2ccc(-c3cc(C(=O)[O-])ccc3Cl)o2)C1=O.